The molecule has 3 heterocycles. The summed E-state index contributed by atoms with van der Waals surface area (Å²) in [5.74, 6) is -1.44. The summed E-state index contributed by atoms with van der Waals surface area (Å²) in [7, 11) is -11.1. The third-order valence-electron chi connectivity index (χ3n) is 6.28. The number of H-pyrrole nitrogens is 1. The predicted molar refractivity (Wildman–Crippen MR) is 139 cm³/mol. The van der Waals surface area contributed by atoms with Gasteiger partial charge in [-0.1, -0.05) is 0 Å². The summed E-state index contributed by atoms with van der Waals surface area (Å²) in [6, 6.07) is -2.82. The minimum Gasteiger partial charge on any atom is -0.389 e. The van der Waals surface area contributed by atoms with Crippen molar-refractivity contribution in [2.45, 2.75) is 81.9 Å². The molecule has 23 heteroatoms. The molecule has 3 rings (SSSR count). The Kier molecular flexibility index (Phi) is 11.2. The van der Waals surface area contributed by atoms with Crippen LogP contribution in [0.5, 0.6) is 0 Å². The second-order valence-corrected chi connectivity index (χ2v) is 12.7. The van der Waals surface area contributed by atoms with Crippen LogP contribution in [0.3, 0.4) is 0 Å². The average Bonchev–Trinajstić information content (AvgIpc) is 3.15. The molecule has 21 nitrogen and oxygen atoms in total. The van der Waals surface area contributed by atoms with Gasteiger partial charge in [0.15, 0.2) is 12.5 Å². The van der Waals surface area contributed by atoms with Gasteiger partial charge in [-0.25, -0.2) is 13.9 Å². The van der Waals surface area contributed by atoms with E-state index in [2.05, 4.69) is 19.5 Å². The summed E-state index contributed by atoms with van der Waals surface area (Å²) in [4.78, 5) is 69.2. The van der Waals surface area contributed by atoms with Gasteiger partial charge in [0.25, 0.3) is 5.56 Å². The molecule has 244 valence electrons. The lowest BCUT2D eigenvalue weighted by molar-refractivity contribution is -0.208. The second-order valence-electron chi connectivity index (χ2n) is 9.73. The highest BCUT2D eigenvalue weighted by Gasteiger charge is 2.50. The standard InChI is InChI=1S/C20H33N5O16P2/c1-7(21)17(31)24-12-8(2)38-19(13(15(12)29)22-9(3)26)40-43(35,36)41-42(33,34)37-6-10-14(28)16(30)18(39-10)25-5-4-11(27)23-20(25)32/h4-5,7-8,10,12-16,18-19,28-30H,6,21H2,1-3H3,(H,22,26)(H,24,31)(H,33,34)(H,35,36)(H,23,27,32)/t7-,8-,10-,12-,13+,14-,15+,16-,18-,19-/m1/s1. The molecule has 2 unspecified atom stereocenters. The van der Waals surface area contributed by atoms with Gasteiger partial charge in [0.05, 0.1) is 24.8 Å². The molecule has 0 aromatic carbocycles. The Balaban J connectivity index is 1.66. The van der Waals surface area contributed by atoms with E-state index in [1.54, 1.807) is 0 Å². The summed E-state index contributed by atoms with van der Waals surface area (Å²) < 4.78 is 50.3. The number of phosphoric ester groups is 2. The third kappa shape index (κ3) is 8.85. The number of nitrogens with zero attached hydrogens (tertiary/aromatic N) is 1. The zero-order valence-electron chi connectivity index (χ0n) is 22.8. The normalized spacial score (nSPS) is 34.5. The van der Waals surface area contributed by atoms with Crippen molar-refractivity contribution in [2.24, 2.45) is 5.73 Å². The van der Waals surface area contributed by atoms with E-state index in [1.807, 2.05) is 4.98 Å². The third-order valence-corrected chi connectivity index (χ3v) is 8.88. The van der Waals surface area contributed by atoms with Crippen molar-refractivity contribution in [2.75, 3.05) is 6.61 Å². The lowest BCUT2D eigenvalue weighted by Gasteiger charge is -2.44. The number of rotatable bonds is 11. The van der Waals surface area contributed by atoms with E-state index in [-0.39, 0.29) is 0 Å². The lowest BCUT2D eigenvalue weighted by Crippen LogP contribution is -2.68. The Morgan fingerprint density at radius 3 is 2.33 bits per heavy atom. The van der Waals surface area contributed by atoms with E-state index in [0.29, 0.717) is 0 Å². The zero-order valence-corrected chi connectivity index (χ0v) is 24.6. The first-order valence-electron chi connectivity index (χ1n) is 12.5. The van der Waals surface area contributed by atoms with Crippen molar-refractivity contribution in [1.29, 1.82) is 0 Å². The van der Waals surface area contributed by atoms with Crippen LogP contribution in [0.4, 0.5) is 0 Å². The van der Waals surface area contributed by atoms with Crippen LogP contribution in [0.2, 0.25) is 0 Å². The summed E-state index contributed by atoms with van der Waals surface area (Å²) in [6.07, 6.45) is -10.5. The summed E-state index contributed by atoms with van der Waals surface area (Å²) in [5, 5.41) is 35.9. The minimum absolute atomic E-state index is 0.684. The van der Waals surface area contributed by atoms with E-state index < -0.39 is 106 Å². The number of amides is 2. The van der Waals surface area contributed by atoms with Gasteiger partial charge < -0.3 is 50.9 Å². The van der Waals surface area contributed by atoms with Crippen molar-refractivity contribution in [3.63, 3.8) is 0 Å². The molecule has 2 aliphatic rings. The number of aliphatic hydroxyl groups is 3. The van der Waals surface area contributed by atoms with Crippen LogP contribution in [-0.2, 0) is 41.6 Å². The Hall–Kier alpha value is -2.36. The number of nitrogens with one attached hydrogen (secondary N) is 3. The van der Waals surface area contributed by atoms with Gasteiger partial charge in [-0.2, -0.15) is 4.31 Å². The van der Waals surface area contributed by atoms with E-state index in [4.69, 9.17) is 19.7 Å². The summed E-state index contributed by atoms with van der Waals surface area (Å²) in [6.45, 7) is 2.73. The van der Waals surface area contributed by atoms with Crippen LogP contribution < -0.4 is 27.6 Å². The van der Waals surface area contributed by atoms with Crippen LogP contribution in [0.15, 0.2) is 21.9 Å². The zero-order chi connectivity index (χ0) is 32.4. The number of hydrogen-bond acceptors (Lipinski definition) is 15. The predicted octanol–water partition coefficient (Wildman–Crippen LogP) is -4.15. The molecular weight excluding hydrogens is 628 g/mol. The number of aromatic amines is 1. The molecule has 2 fully saturated rings. The molecule has 0 saturated carbocycles. The molecular formula is C20H33N5O16P2. The molecule has 1 aromatic rings. The minimum atomic E-state index is -5.60. The molecule has 12 atom stereocenters. The van der Waals surface area contributed by atoms with Gasteiger partial charge in [-0.15, -0.1) is 0 Å². The fraction of sp³-hybridized carbons (Fsp3) is 0.700. The number of ether oxygens (including phenoxy) is 2. The fourth-order valence-corrected chi connectivity index (χ4v) is 6.38. The monoisotopic (exact) mass is 661 g/mol. The first-order valence-corrected chi connectivity index (χ1v) is 15.5. The molecule has 2 aliphatic heterocycles. The SMILES string of the molecule is CC(=O)N[C@@H]1[C@@H](OP(=O)(O)OP(=O)(O)OC[C@H]2O[C@@H](n3ccc(=O)[nH]c3=O)[C@H](O)[C@@H]2O)O[C@H](C)[C@@H](NC(=O)[C@@H](C)N)[C@@H]1O. The van der Waals surface area contributed by atoms with Crippen LogP contribution in [-0.4, -0.2) is 108 Å². The van der Waals surface area contributed by atoms with E-state index >= 15 is 0 Å². The highest BCUT2D eigenvalue weighted by Crippen LogP contribution is 2.61. The largest absolute Gasteiger partial charge is 0.483 e. The maximum absolute atomic E-state index is 12.7. The quantitative estimate of drug-likeness (QED) is 0.102. The Labute approximate surface area is 242 Å². The topological polar surface area (TPSA) is 321 Å². The van der Waals surface area contributed by atoms with Crippen LogP contribution in [0, 0.1) is 0 Å². The number of nitrogens with two attached hydrogens (primary N) is 1. The Morgan fingerprint density at radius 2 is 1.74 bits per heavy atom. The van der Waals surface area contributed by atoms with Crippen molar-refractivity contribution in [1.82, 2.24) is 20.2 Å². The molecule has 0 aliphatic carbocycles. The van der Waals surface area contributed by atoms with Crippen molar-refractivity contribution in [3.05, 3.63) is 33.1 Å². The summed E-state index contributed by atoms with van der Waals surface area (Å²) in [5.41, 5.74) is 3.77. The van der Waals surface area contributed by atoms with Crippen LogP contribution in [0.1, 0.15) is 27.0 Å². The maximum atomic E-state index is 12.7. The van der Waals surface area contributed by atoms with Gasteiger partial charge >= 0.3 is 21.3 Å². The highest BCUT2D eigenvalue weighted by atomic mass is 31.3. The maximum Gasteiger partial charge on any atom is 0.483 e. The van der Waals surface area contributed by atoms with Gasteiger partial charge in [0, 0.05) is 19.2 Å². The molecule has 0 spiro atoms. The number of aromatic nitrogens is 2. The first-order chi connectivity index (χ1) is 19.8. The molecule has 0 bridgehead atoms. The van der Waals surface area contributed by atoms with E-state index in [1.165, 1.54) is 13.8 Å². The van der Waals surface area contributed by atoms with Crippen LogP contribution >= 0.6 is 15.6 Å². The second kappa shape index (κ2) is 13.7. The van der Waals surface area contributed by atoms with Crippen molar-refractivity contribution < 1.29 is 66.7 Å². The van der Waals surface area contributed by atoms with E-state index in [9.17, 15) is 53.4 Å². The molecule has 1 aromatic heterocycles. The lowest BCUT2D eigenvalue weighted by atomic mass is 9.94. The fourth-order valence-electron chi connectivity index (χ4n) is 4.22. The number of aliphatic hydroxyl groups excluding tert-OH is 3. The smallest absolute Gasteiger partial charge is 0.389 e. The highest BCUT2D eigenvalue weighted by molar-refractivity contribution is 7.61. The van der Waals surface area contributed by atoms with Crippen molar-refractivity contribution >= 4 is 27.5 Å². The Bertz CT molecular complexity index is 1390. The van der Waals surface area contributed by atoms with Gasteiger partial charge in [-0.3, -0.25) is 33.0 Å². The van der Waals surface area contributed by atoms with Crippen LogP contribution in [0.25, 0.3) is 0 Å². The number of carbonyl (C=O) groups excluding carboxylic acids is 2. The summed E-state index contributed by atoms with van der Waals surface area (Å²) >= 11 is 0. The Morgan fingerprint density at radius 1 is 1.09 bits per heavy atom. The number of carbonyl (C=O) groups is 2. The van der Waals surface area contributed by atoms with Gasteiger partial charge in [-0.05, 0) is 13.8 Å². The molecule has 10 N–H and O–H groups in total. The molecule has 2 amide bonds. The first kappa shape index (κ1) is 35.1. The van der Waals surface area contributed by atoms with E-state index in [0.717, 1.165) is 23.8 Å². The molecule has 2 saturated heterocycles. The van der Waals surface area contributed by atoms with Gasteiger partial charge in [0.2, 0.25) is 11.8 Å². The average molecular weight is 661 g/mol. The molecule has 0 radical (unpaired) electrons. The number of hydrogen-bond donors (Lipinski definition) is 9. The molecule has 43 heavy (non-hydrogen) atoms. The van der Waals surface area contributed by atoms with Gasteiger partial charge in [0.1, 0.15) is 30.5 Å². The van der Waals surface area contributed by atoms with Crippen molar-refractivity contribution in [3.8, 4) is 0 Å². The number of phosphoric acid groups is 2.